The average molecular weight is 703 g/mol. The monoisotopic (exact) mass is 702 g/mol. The number of nitrogens with zero attached hydrogens (tertiary/aromatic N) is 6. The van der Waals surface area contributed by atoms with Gasteiger partial charge in [-0.1, -0.05) is 133 Å². The van der Waals surface area contributed by atoms with Crippen LogP contribution in [-0.4, -0.2) is 29.5 Å². The van der Waals surface area contributed by atoms with E-state index in [2.05, 4.69) is 138 Å². The fourth-order valence-corrected chi connectivity index (χ4v) is 7.97. The van der Waals surface area contributed by atoms with E-state index in [0.717, 1.165) is 71.7 Å². The van der Waals surface area contributed by atoms with Gasteiger partial charge in [-0.05, 0) is 58.3 Å². The van der Waals surface area contributed by atoms with Crippen molar-refractivity contribution in [1.82, 2.24) is 29.5 Å². The van der Waals surface area contributed by atoms with E-state index in [1.807, 2.05) is 36.4 Å². The molecule has 55 heavy (non-hydrogen) atoms. The van der Waals surface area contributed by atoms with Crippen LogP contribution in [0.3, 0.4) is 0 Å². The molecule has 0 unspecified atom stereocenters. The van der Waals surface area contributed by atoms with Crippen molar-refractivity contribution in [2.75, 3.05) is 0 Å². The lowest BCUT2D eigenvalue weighted by atomic mass is 9.97. The fourth-order valence-electron chi connectivity index (χ4n) is 7.97. The Balaban J connectivity index is 1.13. The maximum Gasteiger partial charge on any atom is 0.164 e. The maximum atomic E-state index is 5.14. The third-order valence-electron chi connectivity index (χ3n) is 10.5. The van der Waals surface area contributed by atoms with Crippen LogP contribution >= 0.6 is 0 Å². The van der Waals surface area contributed by atoms with E-state index in [-0.39, 0.29) is 0 Å². The van der Waals surface area contributed by atoms with Gasteiger partial charge in [0.1, 0.15) is 0 Å². The Morgan fingerprint density at radius 1 is 0.309 bits per heavy atom. The minimum atomic E-state index is 0.606. The third-order valence-corrected chi connectivity index (χ3v) is 10.5. The fraction of sp³-hybridized carbons (Fsp3) is 0. The van der Waals surface area contributed by atoms with E-state index in [1.165, 1.54) is 16.2 Å². The molecule has 11 aromatic rings. The average Bonchev–Trinajstić information content (AvgIpc) is 3.60. The van der Waals surface area contributed by atoms with Gasteiger partial charge in [0.05, 0.1) is 22.1 Å². The second-order valence-electron chi connectivity index (χ2n) is 13.7. The summed E-state index contributed by atoms with van der Waals surface area (Å²) in [6.07, 6.45) is 3.56. The molecular weight excluding hydrogens is 673 g/mol. The normalized spacial score (nSPS) is 11.6. The predicted molar refractivity (Wildman–Crippen MR) is 224 cm³/mol. The van der Waals surface area contributed by atoms with Crippen LogP contribution in [0.15, 0.2) is 182 Å². The van der Waals surface area contributed by atoms with Crippen LogP contribution in [0.25, 0.3) is 105 Å². The Morgan fingerprint density at radius 2 is 0.855 bits per heavy atom. The summed E-state index contributed by atoms with van der Waals surface area (Å²) in [7, 11) is 0. The van der Waals surface area contributed by atoms with Gasteiger partial charge >= 0.3 is 0 Å². The molecule has 6 heteroatoms. The van der Waals surface area contributed by atoms with E-state index in [1.54, 1.807) is 12.4 Å². The lowest BCUT2D eigenvalue weighted by Gasteiger charge is -2.13. The summed E-state index contributed by atoms with van der Waals surface area (Å²) in [5, 5.41) is 6.86. The number of para-hydroxylation sites is 1. The number of aromatic nitrogens is 6. The molecule has 0 aliphatic heterocycles. The van der Waals surface area contributed by atoms with Gasteiger partial charge in [-0.2, -0.15) is 0 Å². The standard InChI is InChI=1S/C49H30N6/c1-3-13-31(14-4-1)33-17-11-18-34(27-33)48-52-47(32-15-5-2-6-16-32)53-49(54-48)35-19-12-20-36(28-35)55-43-24-10-9-22-38(43)41-29-40-37-21-7-8-23-39(37)45-46(51-26-25-50-45)42(40)30-44(41)55/h1-30H. The predicted octanol–water partition coefficient (Wildman–Crippen LogP) is 11.9. The summed E-state index contributed by atoms with van der Waals surface area (Å²) in [5.41, 5.74) is 10.0. The van der Waals surface area contributed by atoms with E-state index in [4.69, 9.17) is 24.9 Å². The number of hydrogen-bond donors (Lipinski definition) is 0. The molecule has 0 radical (unpaired) electrons. The molecule has 0 saturated carbocycles. The molecule has 0 aliphatic carbocycles. The van der Waals surface area contributed by atoms with Crippen molar-refractivity contribution in [1.29, 1.82) is 0 Å². The molecule has 8 aromatic carbocycles. The quantitative estimate of drug-likeness (QED) is 0.167. The highest BCUT2D eigenvalue weighted by Crippen LogP contribution is 2.40. The first-order valence-corrected chi connectivity index (χ1v) is 18.3. The highest BCUT2D eigenvalue weighted by atomic mass is 15.0. The summed E-state index contributed by atoms with van der Waals surface area (Å²) in [6.45, 7) is 0. The molecule has 0 N–H and O–H groups in total. The van der Waals surface area contributed by atoms with E-state index in [0.29, 0.717) is 17.5 Å². The highest BCUT2D eigenvalue weighted by molar-refractivity contribution is 6.27. The molecule has 3 heterocycles. The van der Waals surface area contributed by atoms with Gasteiger partial charge in [0.2, 0.25) is 0 Å². The number of benzene rings is 8. The molecule has 6 nitrogen and oxygen atoms in total. The molecule has 3 aromatic heterocycles. The SMILES string of the molecule is c1ccc(-c2cccc(-c3nc(-c4ccccc4)nc(-c4cccc(-n5c6ccccc6c6cc7c8ccccc8c8nccnc8c7cc65)c4)n3)c2)cc1. The second kappa shape index (κ2) is 12.5. The van der Waals surface area contributed by atoms with Crippen LogP contribution in [0.5, 0.6) is 0 Å². The summed E-state index contributed by atoms with van der Waals surface area (Å²) in [6, 6.07) is 59.1. The minimum Gasteiger partial charge on any atom is -0.309 e. The smallest absolute Gasteiger partial charge is 0.164 e. The maximum absolute atomic E-state index is 5.14. The van der Waals surface area contributed by atoms with Crippen molar-refractivity contribution >= 4 is 54.4 Å². The summed E-state index contributed by atoms with van der Waals surface area (Å²) in [5.74, 6) is 1.85. The Bertz CT molecular complexity index is 3260. The molecule has 0 atom stereocenters. The molecular formula is C49H30N6. The Morgan fingerprint density at radius 3 is 1.60 bits per heavy atom. The van der Waals surface area contributed by atoms with E-state index in [9.17, 15) is 0 Å². The Hall–Kier alpha value is -7.57. The number of rotatable bonds is 5. The largest absolute Gasteiger partial charge is 0.309 e. The summed E-state index contributed by atoms with van der Waals surface area (Å²) in [4.78, 5) is 24.9. The van der Waals surface area contributed by atoms with Crippen LogP contribution < -0.4 is 0 Å². The Labute approximate surface area is 316 Å². The first-order chi connectivity index (χ1) is 27.3. The molecule has 11 rings (SSSR count). The molecule has 0 fully saturated rings. The summed E-state index contributed by atoms with van der Waals surface area (Å²) >= 11 is 0. The molecule has 0 aliphatic rings. The lowest BCUT2D eigenvalue weighted by molar-refractivity contribution is 1.07. The van der Waals surface area contributed by atoms with Gasteiger partial charge < -0.3 is 4.57 Å². The molecule has 256 valence electrons. The van der Waals surface area contributed by atoms with Crippen molar-refractivity contribution in [2.24, 2.45) is 0 Å². The van der Waals surface area contributed by atoms with Crippen LogP contribution in [0.2, 0.25) is 0 Å². The first kappa shape index (κ1) is 31.0. The number of hydrogen-bond acceptors (Lipinski definition) is 5. The lowest BCUT2D eigenvalue weighted by Crippen LogP contribution is -2.01. The van der Waals surface area contributed by atoms with Gasteiger partial charge in [-0.25, -0.2) is 15.0 Å². The van der Waals surface area contributed by atoms with Crippen LogP contribution in [0.4, 0.5) is 0 Å². The summed E-state index contributed by atoms with van der Waals surface area (Å²) < 4.78 is 2.34. The zero-order valence-electron chi connectivity index (χ0n) is 29.5. The van der Waals surface area contributed by atoms with Crippen molar-refractivity contribution in [3.63, 3.8) is 0 Å². The molecule has 0 amide bonds. The second-order valence-corrected chi connectivity index (χ2v) is 13.7. The zero-order chi connectivity index (χ0) is 36.3. The molecule has 0 saturated heterocycles. The van der Waals surface area contributed by atoms with Crippen LogP contribution in [-0.2, 0) is 0 Å². The third kappa shape index (κ3) is 5.15. The minimum absolute atomic E-state index is 0.606. The van der Waals surface area contributed by atoms with Gasteiger partial charge in [-0.3, -0.25) is 9.97 Å². The van der Waals surface area contributed by atoms with E-state index >= 15 is 0 Å². The van der Waals surface area contributed by atoms with Gasteiger partial charge in [0.15, 0.2) is 17.5 Å². The van der Waals surface area contributed by atoms with Gasteiger partial charge in [-0.15, -0.1) is 0 Å². The van der Waals surface area contributed by atoms with Crippen molar-refractivity contribution < 1.29 is 0 Å². The van der Waals surface area contributed by atoms with Crippen molar-refractivity contribution in [3.05, 3.63) is 182 Å². The topological polar surface area (TPSA) is 69.4 Å². The van der Waals surface area contributed by atoms with Gasteiger partial charge in [0, 0.05) is 56.3 Å². The first-order valence-electron chi connectivity index (χ1n) is 18.3. The van der Waals surface area contributed by atoms with Crippen molar-refractivity contribution in [3.8, 4) is 51.0 Å². The number of fused-ring (bicyclic) bond motifs is 9. The van der Waals surface area contributed by atoms with Crippen LogP contribution in [0.1, 0.15) is 0 Å². The Kier molecular flexibility index (Phi) is 7.07. The zero-order valence-corrected chi connectivity index (χ0v) is 29.5. The van der Waals surface area contributed by atoms with Crippen LogP contribution in [0, 0.1) is 0 Å². The molecule has 0 spiro atoms. The van der Waals surface area contributed by atoms with Gasteiger partial charge in [0.25, 0.3) is 0 Å². The highest BCUT2D eigenvalue weighted by Gasteiger charge is 2.19. The molecule has 0 bridgehead atoms. The van der Waals surface area contributed by atoms with Crippen molar-refractivity contribution in [2.45, 2.75) is 0 Å². The van der Waals surface area contributed by atoms with E-state index < -0.39 is 0 Å².